The Kier molecular flexibility index (Phi) is 4.17. The SMILES string of the molecule is CCOC(=O)c1c(N=CC=S)sc2ccccc12. The number of thiophene rings is 1. The Bertz CT molecular complexity index is 616. The fourth-order valence-corrected chi connectivity index (χ4v) is 2.73. The smallest absolute Gasteiger partial charge is 0.341 e. The highest BCUT2D eigenvalue weighted by atomic mass is 32.1. The molecule has 3 nitrogen and oxygen atoms in total. The van der Waals surface area contributed by atoms with E-state index in [1.807, 2.05) is 24.3 Å². The van der Waals surface area contributed by atoms with Crippen LogP contribution in [-0.4, -0.2) is 24.2 Å². The van der Waals surface area contributed by atoms with Gasteiger partial charge < -0.3 is 4.74 Å². The number of fused-ring (bicyclic) bond motifs is 1. The van der Waals surface area contributed by atoms with Gasteiger partial charge in [-0.2, -0.15) is 0 Å². The number of hydrogen-bond donors (Lipinski definition) is 0. The van der Waals surface area contributed by atoms with Crippen LogP contribution in [0.25, 0.3) is 10.1 Å². The van der Waals surface area contributed by atoms with E-state index >= 15 is 0 Å². The lowest BCUT2D eigenvalue weighted by atomic mass is 10.1. The molecule has 18 heavy (non-hydrogen) atoms. The fraction of sp³-hybridized carbons (Fsp3) is 0.154. The lowest BCUT2D eigenvalue weighted by Gasteiger charge is -2.01. The van der Waals surface area contributed by atoms with E-state index in [1.54, 1.807) is 6.92 Å². The van der Waals surface area contributed by atoms with E-state index in [9.17, 15) is 4.79 Å². The molecule has 0 N–H and O–H groups in total. The predicted octanol–water partition coefficient (Wildman–Crippen LogP) is 3.78. The van der Waals surface area contributed by atoms with Crippen LogP contribution in [0.15, 0.2) is 29.3 Å². The first-order valence-corrected chi connectivity index (χ1v) is 6.73. The van der Waals surface area contributed by atoms with Gasteiger partial charge in [0.2, 0.25) is 0 Å². The van der Waals surface area contributed by atoms with Gasteiger partial charge in [0.25, 0.3) is 0 Å². The number of ether oxygens (including phenoxy) is 1. The Labute approximate surface area is 114 Å². The summed E-state index contributed by atoms with van der Waals surface area (Å²) >= 11 is 6.16. The molecule has 0 saturated carbocycles. The topological polar surface area (TPSA) is 38.7 Å². The Morgan fingerprint density at radius 3 is 3.00 bits per heavy atom. The third-order valence-corrected chi connectivity index (χ3v) is 3.51. The van der Waals surface area contributed by atoms with Gasteiger partial charge in [0.15, 0.2) is 0 Å². The van der Waals surface area contributed by atoms with E-state index in [0.717, 1.165) is 10.1 Å². The first-order valence-electron chi connectivity index (χ1n) is 5.44. The number of thiocarbonyl (C=S) groups is 1. The van der Waals surface area contributed by atoms with Gasteiger partial charge >= 0.3 is 5.97 Å². The molecule has 0 aliphatic heterocycles. The number of carbonyl (C=O) groups excluding carboxylic acids is 1. The molecule has 1 aromatic heterocycles. The normalized spacial score (nSPS) is 10.9. The maximum Gasteiger partial charge on any atom is 0.341 e. The van der Waals surface area contributed by atoms with Gasteiger partial charge in [0, 0.05) is 21.7 Å². The van der Waals surface area contributed by atoms with Crippen molar-refractivity contribution in [2.45, 2.75) is 6.92 Å². The quantitative estimate of drug-likeness (QED) is 0.485. The van der Waals surface area contributed by atoms with Crippen molar-refractivity contribution in [2.24, 2.45) is 4.99 Å². The Hall–Kier alpha value is -1.59. The molecule has 0 bridgehead atoms. The summed E-state index contributed by atoms with van der Waals surface area (Å²) in [5.74, 6) is -0.341. The van der Waals surface area contributed by atoms with Crippen LogP contribution in [0.2, 0.25) is 0 Å². The molecule has 92 valence electrons. The van der Waals surface area contributed by atoms with Gasteiger partial charge in [-0.25, -0.2) is 9.79 Å². The van der Waals surface area contributed by atoms with Crippen molar-refractivity contribution >= 4 is 56.2 Å². The summed E-state index contributed by atoms with van der Waals surface area (Å²) in [5.41, 5.74) is 0.519. The van der Waals surface area contributed by atoms with E-state index < -0.39 is 0 Å². The van der Waals surface area contributed by atoms with Crippen molar-refractivity contribution < 1.29 is 9.53 Å². The molecule has 2 aromatic rings. The van der Waals surface area contributed by atoms with Crippen LogP contribution in [0.1, 0.15) is 17.3 Å². The first kappa shape index (κ1) is 12.9. The van der Waals surface area contributed by atoms with Gasteiger partial charge in [-0.1, -0.05) is 30.4 Å². The number of hydrogen-bond acceptors (Lipinski definition) is 5. The molecule has 0 unspecified atom stereocenters. The Morgan fingerprint density at radius 2 is 2.28 bits per heavy atom. The van der Waals surface area contributed by atoms with Crippen molar-refractivity contribution in [2.75, 3.05) is 6.61 Å². The molecule has 0 amide bonds. The van der Waals surface area contributed by atoms with Crippen LogP contribution >= 0.6 is 23.6 Å². The van der Waals surface area contributed by atoms with Crippen LogP contribution in [0.5, 0.6) is 0 Å². The number of carbonyl (C=O) groups is 1. The minimum atomic E-state index is -0.341. The Morgan fingerprint density at radius 1 is 1.50 bits per heavy atom. The van der Waals surface area contributed by atoms with Crippen LogP contribution in [0, 0.1) is 0 Å². The summed E-state index contributed by atoms with van der Waals surface area (Å²) in [7, 11) is 0. The molecule has 0 fully saturated rings. The highest BCUT2D eigenvalue weighted by molar-refractivity contribution is 7.80. The second-order valence-corrected chi connectivity index (χ2v) is 4.72. The second-order valence-electron chi connectivity index (χ2n) is 3.41. The summed E-state index contributed by atoms with van der Waals surface area (Å²) in [5, 5.41) is 2.92. The van der Waals surface area contributed by atoms with Crippen LogP contribution in [0.4, 0.5) is 5.00 Å². The van der Waals surface area contributed by atoms with Gasteiger partial charge in [0.1, 0.15) is 10.6 Å². The van der Waals surface area contributed by atoms with Crippen molar-refractivity contribution in [1.29, 1.82) is 0 Å². The third kappa shape index (κ3) is 2.47. The third-order valence-electron chi connectivity index (χ3n) is 2.31. The molecule has 1 aromatic carbocycles. The van der Waals surface area contributed by atoms with Gasteiger partial charge in [-0.15, -0.1) is 11.3 Å². The minimum absolute atomic E-state index is 0.341. The standard InChI is InChI=1S/C13H11NO2S2/c1-2-16-13(15)11-9-5-3-4-6-10(9)18-12(11)14-7-8-17/h3-8H,2H2,1H3. The van der Waals surface area contributed by atoms with Crippen molar-refractivity contribution in [3.05, 3.63) is 29.8 Å². The molecular formula is C13H11NO2S2. The zero-order chi connectivity index (χ0) is 13.0. The lowest BCUT2D eigenvalue weighted by Crippen LogP contribution is -2.03. The summed E-state index contributed by atoms with van der Waals surface area (Å²) in [6.07, 6.45) is 1.50. The molecule has 1 heterocycles. The van der Waals surface area contributed by atoms with Gasteiger partial charge in [-0.3, -0.25) is 0 Å². The zero-order valence-corrected chi connectivity index (χ0v) is 11.4. The van der Waals surface area contributed by atoms with Gasteiger partial charge in [-0.05, 0) is 13.0 Å². The molecule has 2 rings (SSSR count). The van der Waals surface area contributed by atoms with E-state index in [2.05, 4.69) is 4.99 Å². The largest absolute Gasteiger partial charge is 0.462 e. The molecule has 0 aliphatic rings. The number of rotatable bonds is 4. The van der Waals surface area contributed by atoms with Crippen LogP contribution in [-0.2, 0) is 4.74 Å². The first-order chi connectivity index (χ1) is 8.77. The molecule has 5 heteroatoms. The van der Waals surface area contributed by atoms with Crippen molar-refractivity contribution in [3.63, 3.8) is 0 Å². The maximum atomic E-state index is 12.0. The summed E-state index contributed by atoms with van der Waals surface area (Å²) in [6.45, 7) is 2.13. The highest BCUT2D eigenvalue weighted by Crippen LogP contribution is 2.37. The zero-order valence-electron chi connectivity index (χ0n) is 9.75. The van der Waals surface area contributed by atoms with Crippen molar-refractivity contribution in [3.8, 4) is 0 Å². The number of nitrogens with zero attached hydrogens (tertiary/aromatic N) is 1. The average molecular weight is 277 g/mol. The molecule has 0 aliphatic carbocycles. The second kappa shape index (κ2) is 5.84. The predicted molar refractivity (Wildman–Crippen MR) is 79.6 cm³/mol. The number of benzene rings is 1. The van der Waals surface area contributed by atoms with Gasteiger partial charge in [0.05, 0.1) is 6.61 Å². The average Bonchev–Trinajstić information content (AvgIpc) is 2.74. The van der Waals surface area contributed by atoms with E-state index in [1.165, 1.54) is 22.9 Å². The van der Waals surface area contributed by atoms with Crippen LogP contribution in [0.3, 0.4) is 0 Å². The summed E-state index contributed by atoms with van der Waals surface area (Å²) < 4.78 is 6.08. The molecule has 0 spiro atoms. The minimum Gasteiger partial charge on any atom is -0.462 e. The monoisotopic (exact) mass is 277 g/mol. The van der Waals surface area contributed by atoms with E-state index in [-0.39, 0.29) is 5.97 Å². The number of aliphatic imine (C=N–C) groups is 1. The molecular weight excluding hydrogens is 266 g/mol. The fourth-order valence-electron chi connectivity index (χ4n) is 1.62. The summed E-state index contributed by atoms with van der Waals surface area (Å²) in [4.78, 5) is 16.2. The van der Waals surface area contributed by atoms with Crippen molar-refractivity contribution in [1.82, 2.24) is 0 Å². The maximum absolute atomic E-state index is 12.0. The molecule has 0 radical (unpaired) electrons. The number of esters is 1. The Balaban J connectivity index is 2.60. The van der Waals surface area contributed by atoms with E-state index in [0.29, 0.717) is 17.2 Å². The molecule has 0 atom stereocenters. The van der Waals surface area contributed by atoms with E-state index in [4.69, 9.17) is 17.0 Å². The highest BCUT2D eigenvalue weighted by Gasteiger charge is 2.19. The lowest BCUT2D eigenvalue weighted by molar-refractivity contribution is 0.0530. The van der Waals surface area contributed by atoms with Crippen LogP contribution < -0.4 is 0 Å². The molecule has 0 saturated heterocycles. The summed E-state index contributed by atoms with van der Waals surface area (Å²) in [6, 6.07) is 7.68.